The number of thioether (sulfide) groups is 1. The molecule has 0 saturated heterocycles. The van der Waals surface area contributed by atoms with Crippen LogP contribution in [-0.2, 0) is 18.4 Å². The van der Waals surface area contributed by atoms with Gasteiger partial charge in [0.15, 0.2) is 5.16 Å². The van der Waals surface area contributed by atoms with Crippen LogP contribution in [0.15, 0.2) is 5.16 Å². The molecule has 6 nitrogen and oxygen atoms in total. The van der Waals surface area contributed by atoms with Crippen molar-refractivity contribution in [3.63, 3.8) is 0 Å². The lowest BCUT2D eigenvalue weighted by atomic mass is 10.2. The summed E-state index contributed by atoms with van der Waals surface area (Å²) >= 11 is 1.40. The molecule has 0 aliphatic rings. The molecule has 2 atom stereocenters. The number of rotatable bonds is 7. The van der Waals surface area contributed by atoms with Crippen LogP contribution in [0.3, 0.4) is 0 Å². The van der Waals surface area contributed by atoms with Crippen LogP contribution in [0.1, 0.15) is 39.4 Å². The number of nitrogens with two attached hydrogens (primary N) is 1. The highest BCUT2D eigenvalue weighted by molar-refractivity contribution is 8.00. The zero-order chi connectivity index (χ0) is 14.4. The van der Waals surface area contributed by atoms with Crippen LogP contribution in [-0.4, -0.2) is 32.0 Å². The van der Waals surface area contributed by atoms with E-state index in [9.17, 15) is 4.79 Å². The molecular formula is C12H23N5OS. The van der Waals surface area contributed by atoms with Crippen LogP contribution in [0.2, 0.25) is 0 Å². The number of nitrogens with one attached hydrogen (secondary N) is 1. The van der Waals surface area contributed by atoms with Crippen molar-refractivity contribution in [1.82, 2.24) is 20.1 Å². The number of hydrogen-bond acceptors (Lipinski definition) is 5. The van der Waals surface area contributed by atoms with Crippen molar-refractivity contribution in [3.05, 3.63) is 5.82 Å². The van der Waals surface area contributed by atoms with Crippen LogP contribution in [0.5, 0.6) is 0 Å². The van der Waals surface area contributed by atoms with E-state index in [1.54, 1.807) is 0 Å². The highest BCUT2D eigenvalue weighted by atomic mass is 32.2. The normalized spacial score (nSPS) is 14.2. The van der Waals surface area contributed by atoms with E-state index in [1.807, 2.05) is 25.5 Å². The third-order valence-corrected chi connectivity index (χ3v) is 4.00. The maximum Gasteiger partial charge on any atom is 0.233 e. The zero-order valence-electron chi connectivity index (χ0n) is 12.0. The summed E-state index contributed by atoms with van der Waals surface area (Å²) in [5.74, 6) is 0.748. The molecule has 0 bridgehead atoms. The minimum Gasteiger partial charge on any atom is -0.353 e. The van der Waals surface area contributed by atoms with Gasteiger partial charge in [-0.15, -0.1) is 10.2 Å². The molecule has 0 aromatic carbocycles. The van der Waals surface area contributed by atoms with Gasteiger partial charge in [-0.3, -0.25) is 4.79 Å². The number of aromatic nitrogens is 3. The fourth-order valence-corrected chi connectivity index (χ4v) is 2.55. The van der Waals surface area contributed by atoms with Crippen molar-refractivity contribution in [2.45, 2.75) is 56.6 Å². The molecule has 108 valence electrons. The lowest BCUT2D eigenvalue weighted by Gasteiger charge is -2.16. The van der Waals surface area contributed by atoms with Crippen LogP contribution in [0.4, 0.5) is 0 Å². The van der Waals surface area contributed by atoms with Crippen LogP contribution in [0, 0.1) is 0 Å². The van der Waals surface area contributed by atoms with Gasteiger partial charge in [-0.1, -0.05) is 25.1 Å². The number of hydrogen-bond donors (Lipinski definition) is 2. The van der Waals surface area contributed by atoms with Gasteiger partial charge in [0.1, 0.15) is 5.82 Å². The Labute approximate surface area is 118 Å². The molecule has 7 heteroatoms. The molecule has 1 rings (SSSR count). The molecule has 0 spiro atoms. The SMILES string of the molecule is CCCC(C)NC(=O)C(C)Sc1nnc(CN)n1C. The molecule has 19 heavy (non-hydrogen) atoms. The van der Waals surface area contributed by atoms with Crippen molar-refractivity contribution in [2.24, 2.45) is 12.8 Å². The summed E-state index contributed by atoms with van der Waals surface area (Å²) in [4.78, 5) is 12.0. The Morgan fingerprint density at radius 1 is 1.47 bits per heavy atom. The first-order valence-electron chi connectivity index (χ1n) is 6.54. The van der Waals surface area contributed by atoms with Gasteiger partial charge >= 0.3 is 0 Å². The molecule has 0 fully saturated rings. The summed E-state index contributed by atoms with van der Waals surface area (Å²) in [5, 5.41) is 11.5. The summed E-state index contributed by atoms with van der Waals surface area (Å²) in [7, 11) is 1.86. The van der Waals surface area contributed by atoms with Crippen molar-refractivity contribution >= 4 is 17.7 Å². The van der Waals surface area contributed by atoms with Crippen LogP contribution < -0.4 is 11.1 Å². The van der Waals surface area contributed by atoms with E-state index >= 15 is 0 Å². The van der Waals surface area contributed by atoms with Gasteiger partial charge in [0.25, 0.3) is 0 Å². The van der Waals surface area contributed by atoms with Gasteiger partial charge in [0.05, 0.1) is 11.8 Å². The molecule has 0 radical (unpaired) electrons. The van der Waals surface area contributed by atoms with Crippen molar-refractivity contribution in [2.75, 3.05) is 0 Å². The Hall–Kier alpha value is -1.08. The standard InChI is InChI=1S/C12H23N5OS/c1-5-6-8(2)14-11(18)9(3)19-12-16-15-10(7-13)17(12)4/h8-9H,5-7,13H2,1-4H3,(H,14,18). The molecule has 1 amide bonds. The fourth-order valence-electron chi connectivity index (χ4n) is 1.70. The molecule has 0 saturated carbocycles. The predicted octanol–water partition coefficient (Wildman–Crippen LogP) is 1.06. The molecule has 1 heterocycles. The van der Waals surface area contributed by atoms with Crippen LogP contribution >= 0.6 is 11.8 Å². The number of carbonyl (C=O) groups excluding carboxylic acids is 1. The lowest BCUT2D eigenvalue weighted by Crippen LogP contribution is -2.37. The average Bonchev–Trinajstić information content (AvgIpc) is 2.70. The first-order chi connectivity index (χ1) is 8.99. The monoisotopic (exact) mass is 285 g/mol. The molecular weight excluding hydrogens is 262 g/mol. The Bertz CT molecular complexity index is 420. The Kier molecular flexibility index (Phi) is 6.30. The second kappa shape index (κ2) is 7.49. The fraction of sp³-hybridized carbons (Fsp3) is 0.750. The van der Waals surface area contributed by atoms with Gasteiger partial charge in [-0.05, 0) is 20.3 Å². The molecule has 0 aliphatic heterocycles. The highest BCUT2D eigenvalue weighted by Crippen LogP contribution is 2.21. The average molecular weight is 285 g/mol. The van der Waals surface area contributed by atoms with E-state index in [0.717, 1.165) is 18.7 Å². The maximum absolute atomic E-state index is 12.0. The van der Waals surface area contributed by atoms with E-state index in [4.69, 9.17) is 5.73 Å². The third kappa shape index (κ3) is 4.50. The van der Waals surface area contributed by atoms with E-state index in [0.29, 0.717) is 11.7 Å². The zero-order valence-corrected chi connectivity index (χ0v) is 12.8. The van der Waals surface area contributed by atoms with Crippen molar-refractivity contribution in [3.8, 4) is 0 Å². The highest BCUT2D eigenvalue weighted by Gasteiger charge is 2.19. The minimum absolute atomic E-state index is 0.0308. The second-order valence-corrected chi connectivity index (χ2v) is 5.93. The third-order valence-electron chi connectivity index (χ3n) is 2.87. The Balaban J connectivity index is 2.56. The molecule has 3 N–H and O–H groups in total. The number of amides is 1. The second-order valence-electron chi connectivity index (χ2n) is 4.62. The summed E-state index contributed by atoms with van der Waals surface area (Å²) in [6.07, 6.45) is 2.05. The summed E-state index contributed by atoms with van der Waals surface area (Å²) < 4.78 is 1.82. The lowest BCUT2D eigenvalue weighted by molar-refractivity contribution is -0.120. The molecule has 2 unspecified atom stereocenters. The van der Waals surface area contributed by atoms with Crippen molar-refractivity contribution < 1.29 is 4.79 Å². The Morgan fingerprint density at radius 2 is 2.16 bits per heavy atom. The van der Waals surface area contributed by atoms with Gasteiger partial charge in [0.2, 0.25) is 5.91 Å². The van der Waals surface area contributed by atoms with Crippen molar-refractivity contribution in [1.29, 1.82) is 0 Å². The predicted molar refractivity (Wildman–Crippen MR) is 76.7 cm³/mol. The van der Waals surface area contributed by atoms with E-state index < -0.39 is 0 Å². The minimum atomic E-state index is -0.201. The van der Waals surface area contributed by atoms with E-state index in [-0.39, 0.29) is 17.2 Å². The quantitative estimate of drug-likeness (QED) is 0.732. The molecule has 1 aromatic heterocycles. The summed E-state index contributed by atoms with van der Waals surface area (Å²) in [5.41, 5.74) is 5.54. The first-order valence-corrected chi connectivity index (χ1v) is 7.42. The first kappa shape index (κ1) is 16.0. The topological polar surface area (TPSA) is 85.8 Å². The smallest absolute Gasteiger partial charge is 0.233 e. The summed E-state index contributed by atoms with van der Waals surface area (Å²) in [6.45, 7) is 6.34. The van der Waals surface area contributed by atoms with Crippen LogP contribution in [0.25, 0.3) is 0 Å². The number of nitrogens with zero attached hydrogens (tertiary/aromatic N) is 3. The largest absolute Gasteiger partial charge is 0.353 e. The van der Waals surface area contributed by atoms with Gasteiger partial charge < -0.3 is 15.6 Å². The van der Waals surface area contributed by atoms with Gasteiger partial charge in [-0.25, -0.2) is 0 Å². The number of carbonyl (C=O) groups is 1. The molecule has 0 aliphatic carbocycles. The Morgan fingerprint density at radius 3 is 2.68 bits per heavy atom. The summed E-state index contributed by atoms with van der Waals surface area (Å²) in [6, 6.07) is 0.208. The van der Waals surface area contributed by atoms with Gasteiger partial charge in [0, 0.05) is 13.1 Å². The molecule has 1 aromatic rings. The maximum atomic E-state index is 12.0. The van der Waals surface area contributed by atoms with E-state index in [2.05, 4.69) is 22.4 Å². The van der Waals surface area contributed by atoms with Gasteiger partial charge in [-0.2, -0.15) is 0 Å². The van der Waals surface area contributed by atoms with E-state index in [1.165, 1.54) is 11.8 Å².